The number of likely N-dealkylation sites (N-methyl/N-ethyl adjacent to an activating group) is 1. The van der Waals surface area contributed by atoms with Crippen LogP contribution in [0.1, 0.15) is 117 Å². The fourth-order valence-electron chi connectivity index (χ4n) is 15.1. The number of alkyl halides is 1. The Balaban J connectivity index is 0.965. The van der Waals surface area contributed by atoms with Crippen LogP contribution in [-0.4, -0.2) is 80.4 Å². The van der Waals surface area contributed by atoms with E-state index >= 15 is 4.39 Å². The van der Waals surface area contributed by atoms with E-state index in [9.17, 15) is 34.8 Å². The smallest absolute Gasteiger partial charge is 0.195 e. The fraction of sp³-hybridized carbons (Fsp3) is 0.627. The average Bonchev–Trinajstić information content (AvgIpc) is 3.59. The van der Waals surface area contributed by atoms with Crippen LogP contribution >= 0.6 is 0 Å². The Morgan fingerprint density at radius 1 is 0.950 bits per heavy atom. The van der Waals surface area contributed by atoms with Crippen LogP contribution in [0.5, 0.6) is 0 Å². The first-order chi connectivity index (χ1) is 28.3. The summed E-state index contributed by atoms with van der Waals surface area (Å²) in [7, 11) is 1.81. The molecular formula is C51H62FNO7. The third-order valence-electron chi connectivity index (χ3n) is 18.3. The molecule has 60 heavy (non-hydrogen) atoms. The van der Waals surface area contributed by atoms with E-state index in [4.69, 9.17) is 0 Å². The van der Waals surface area contributed by atoms with Crippen LogP contribution in [0.25, 0.3) is 0 Å². The van der Waals surface area contributed by atoms with Gasteiger partial charge in [0.25, 0.3) is 0 Å². The second kappa shape index (κ2) is 13.9. The number of allylic oxidation sites excluding steroid dienone is 8. The number of carbonyl (C=O) groups excluding carboxylic acids is 3. The van der Waals surface area contributed by atoms with E-state index in [1.165, 1.54) is 28.9 Å². The molecule has 8 aliphatic rings. The molecule has 8 aliphatic carbocycles. The molecular weight excluding hydrogens is 758 g/mol. The molecule has 0 amide bonds. The van der Waals surface area contributed by atoms with Crippen molar-refractivity contribution in [3.8, 4) is 11.8 Å². The molecule has 0 bridgehead atoms. The monoisotopic (exact) mass is 819 g/mol. The summed E-state index contributed by atoms with van der Waals surface area (Å²) in [6.45, 7) is 9.28. The lowest BCUT2D eigenvalue weighted by molar-refractivity contribution is -0.221. The van der Waals surface area contributed by atoms with Crippen molar-refractivity contribution in [1.82, 2.24) is 0 Å². The van der Waals surface area contributed by atoms with Crippen LogP contribution in [-0.2, 0) is 14.4 Å². The Morgan fingerprint density at radius 2 is 1.68 bits per heavy atom. The highest BCUT2D eigenvalue weighted by atomic mass is 19.1. The number of halogens is 1. The predicted molar refractivity (Wildman–Crippen MR) is 227 cm³/mol. The minimum absolute atomic E-state index is 0.0321. The molecule has 0 radical (unpaired) electrons. The summed E-state index contributed by atoms with van der Waals surface area (Å²) in [6, 6.07) is 8.22. The molecule has 0 aliphatic heterocycles. The van der Waals surface area contributed by atoms with Crippen molar-refractivity contribution in [2.45, 2.75) is 140 Å². The Labute approximate surface area is 354 Å². The first-order valence-electron chi connectivity index (χ1n) is 22.5. The van der Waals surface area contributed by atoms with Crippen molar-refractivity contribution in [3.05, 3.63) is 76.4 Å². The van der Waals surface area contributed by atoms with E-state index in [0.717, 1.165) is 43.4 Å². The van der Waals surface area contributed by atoms with Crippen LogP contribution in [0.3, 0.4) is 0 Å². The van der Waals surface area contributed by atoms with Crippen molar-refractivity contribution in [1.29, 1.82) is 0 Å². The zero-order valence-corrected chi connectivity index (χ0v) is 36.1. The molecule has 1 unspecified atom stereocenters. The number of nitrogens with zero attached hydrogens (tertiary/aromatic N) is 1. The Bertz CT molecular complexity index is 2230. The van der Waals surface area contributed by atoms with Crippen LogP contribution < -0.4 is 4.90 Å². The van der Waals surface area contributed by atoms with Gasteiger partial charge in [-0.2, -0.15) is 0 Å². The van der Waals surface area contributed by atoms with Gasteiger partial charge in [0.2, 0.25) is 0 Å². The quantitative estimate of drug-likeness (QED) is 0.225. The van der Waals surface area contributed by atoms with Gasteiger partial charge in [-0.05, 0) is 149 Å². The summed E-state index contributed by atoms with van der Waals surface area (Å²) in [5.41, 5.74) is -1.42. The molecule has 0 saturated heterocycles. The second-order valence-electron chi connectivity index (χ2n) is 20.8. The van der Waals surface area contributed by atoms with Gasteiger partial charge < -0.3 is 25.3 Å². The normalized spacial score (nSPS) is 44.5. The minimum atomic E-state index is -2.08. The largest absolute Gasteiger partial charge is 0.390 e. The first kappa shape index (κ1) is 41.7. The van der Waals surface area contributed by atoms with Gasteiger partial charge in [0.1, 0.15) is 17.3 Å². The number of aliphatic hydroxyl groups is 4. The summed E-state index contributed by atoms with van der Waals surface area (Å²) < 4.78 is 17.7. The van der Waals surface area contributed by atoms with E-state index < -0.39 is 68.9 Å². The molecule has 320 valence electrons. The Kier molecular flexibility index (Phi) is 9.66. The number of anilines is 1. The van der Waals surface area contributed by atoms with Gasteiger partial charge in [-0.1, -0.05) is 56.0 Å². The summed E-state index contributed by atoms with van der Waals surface area (Å²) in [4.78, 5) is 41.1. The number of ketones is 3. The van der Waals surface area contributed by atoms with Gasteiger partial charge in [-0.3, -0.25) is 14.4 Å². The molecule has 0 aromatic heterocycles. The second-order valence-corrected chi connectivity index (χ2v) is 20.8. The van der Waals surface area contributed by atoms with Crippen molar-refractivity contribution < 1.29 is 39.2 Å². The topological polar surface area (TPSA) is 135 Å². The summed E-state index contributed by atoms with van der Waals surface area (Å²) in [5.74, 6) is 4.52. The molecule has 1 aromatic carbocycles. The highest BCUT2D eigenvalue weighted by Gasteiger charge is 2.76. The van der Waals surface area contributed by atoms with Gasteiger partial charge >= 0.3 is 0 Å². The molecule has 0 heterocycles. The van der Waals surface area contributed by atoms with Crippen LogP contribution in [0.15, 0.2) is 70.9 Å². The number of carbonyl (C=O) groups is 3. The average molecular weight is 820 g/mol. The third kappa shape index (κ3) is 5.45. The van der Waals surface area contributed by atoms with Crippen LogP contribution in [0.4, 0.5) is 10.1 Å². The lowest BCUT2D eigenvalue weighted by Gasteiger charge is -2.62. The highest BCUT2D eigenvalue weighted by molar-refractivity contribution is 6.01. The third-order valence-corrected chi connectivity index (χ3v) is 18.3. The van der Waals surface area contributed by atoms with Gasteiger partial charge in [0, 0.05) is 47.2 Å². The van der Waals surface area contributed by atoms with Gasteiger partial charge in [0.15, 0.2) is 23.0 Å². The van der Waals surface area contributed by atoms with E-state index in [0.29, 0.717) is 49.5 Å². The number of benzene rings is 1. The van der Waals surface area contributed by atoms with Crippen LogP contribution in [0.2, 0.25) is 0 Å². The lowest BCUT2D eigenvalue weighted by Crippen LogP contribution is -2.70. The zero-order valence-electron chi connectivity index (χ0n) is 36.1. The maximum Gasteiger partial charge on any atom is 0.195 e. The maximum atomic E-state index is 17.7. The van der Waals surface area contributed by atoms with Gasteiger partial charge in [0.05, 0.1) is 12.6 Å². The van der Waals surface area contributed by atoms with E-state index in [1.807, 2.05) is 30.2 Å². The summed E-state index contributed by atoms with van der Waals surface area (Å²) >= 11 is 0. The maximum absolute atomic E-state index is 17.7. The van der Waals surface area contributed by atoms with Crippen LogP contribution in [0, 0.1) is 57.7 Å². The van der Waals surface area contributed by atoms with E-state index in [1.54, 1.807) is 33.8 Å². The number of hydrogen-bond donors (Lipinski definition) is 4. The van der Waals surface area contributed by atoms with E-state index in [2.05, 4.69) is 30.9 Å². The van der Waals surface area contributed by atoms with Gasteiger partial charge in [-0.25, -0.2) is 4.39 Å². The number of fused-ring (bicyclic) bond motifs is 9. The molecule has 0 spiro atoms. The summed E-state index contributed by atoms with van der Waals surface area (Å²) in [6.07, 6.45) is 9.80. The molecule has 9 heteroatoms. The fourth-order valence-corrected chi connectivity index (χ4v) is 15.1. The number of hydrogen-bond acceptors (Lipinski definition) is 8. The molecule has 5 saturated carbocycles. The van der Waals surface area contributed by atoms with Crippen molar-refractivity contribution in [3.63, 3.8) is 0 Å². The SMILES string of the molecule is CC#C[C@]1(O)CC[C@H]2[C@@H]3CCC4=CC(=O)CCC4=C3[C@@H](c3ccc(N(C)CC(O)C(=O)[C@@]4(O)[C@H](C)C[C@H]5[C@@H]6CCC7=CC(=O)C=C[C@]7(C)[C@@]6(F)[C@@H](O)C[C@@]54C)cc3)C[C@@]21C. The molecule has 14 atom stereocenters. The number of rotatable bonds is 6. The molecule has 4 N–H and O–H groups in total. The van der Waals surface area contributed by atoms with Crippen molar-refractivity contribution >= 4 is 23.0 Å². The van der Waals surface area contributed by atoms with Crippen molar-refractivity contribution in [2.75, 3.05) is 18.5 Å². The van der Waals surface area contributed by atoms with E-state index in [-0.39, 0.29) is 30.4 Å². The lowest BCUT2D eigenvalue weighted by atomic mass is 9.44. The molecule has 9 rings (SSSR count). The standard InChI is InChI=1S/C51H62FNO7/c1-7-20-49(59)22-19-39-37-15-10-31-24-34(54)14-16-36(31)44(37)38(26-47(39,49)4)30-8-12-33(13-9-30)53(6)28-42(56)45(58)51(60)29(2)23-41-40-17-11-32-25-35(55)18-21-46(32,3)50(40,52)43(57)27-48(41,51)5/h8-9,12-13,18,21,24-25,29,37-43,56-57,59-60H,10-11,14-17,19,22-23,26-28H2,1-6H3/t29-,37+,38-,39+,40+,41+,42?,43+,46+,47+,48+,49+,50+,51+/m1/s1. The number of Topliss-reactive ketones (excluding diaryl/α,β-unsaturated/α-hetero) is 1. The molecule has 1 aromatic rings. The van der Waals surface area contributed by atoms with Crippen molar-refractivity contribution in [2.24, 2.45) is 45.8 Å². The molecule has 5 fully saturated rings. The zero-order chi connectivity index (χ0) is 42.9. The first-order valence-corrected chi connectivity index (χ1v) is 22.5. The Morgan fingerprint density at radius 3 is 2.40 bits per heavy atom. The minimum Gasteiger partial charge on any atom is -0.390 e. The molecule has 8 nitrogen and oxygen atoms in total. The summed E-state index contributed by atoms with van der Waals surface area (Å²) in [5, 5.41) is 48.2. The van der Waals surface area contributed by atoms with Gasteiger partial charge in [-0.15, -0.1) is 5.92 Å². The highest BCUT2D eigenvalue weighted by Crippen LogP contribution is 2.71. The number of aliphatic hydroxyl groups excluding tert-OH is 2. The predicted octanol–water partition coefficient (Wildman–Crippen LogP) is 7.05. The Hall–Kier alpha value is -3.68.